The molecule has 2 atom stereocenters. The maximum Gasteiger partial charge on any atom is 0.237 e. The van der Waals surface area contributed by atoms with Crippen LogP contribution in [0.15, 0.2) is 10.8 Å². The van der Waals surface area contributed by atoms with Crippen LogP contribution < -0.4 is 10.6 Å². The Kier molecular flexibility index (Phi) is 2.72. The van der Waals surface area contributed by atoms with Gasteiger partial charge in [0.05, 0.1) is 17.8 Å². The molecule has 3 saturated carbocycles. The molecule has 21 heavy (non-hydrogen) atoms. The van der Waals surface area contributed by atoms with Crippen LogP contribution in [0, 0.1) is 12.3 Å². The van der Waals surface area contributed by atoms with Crippen LogP contribution in [0.25, 0.3) is 0 Å². The van der Waals surface area contributed by atoms with Gasteiger partial charge >= 0.3 is 0 Å². The highest BCUT2D eigenvalue weighted by Crippen LogP contribution is 2.73. The fourth-order valence-electron chi connectivity index (χ4n) is 4.55. The van der Waals surface area contributed by atoms with Crippen LogP contribution in [0.1, 0.15) is 37.1 Å². The normalized spacial score (nSPS) is 40.5. The summed E-state index contributed by atoms with van der Waals surface area (Å²) in [4.78, 5) is 16.2. The second kappa shape index (κ2) is 4.30. The Hall–Kier alpha value is -1.40. The first-order valence-electron chi connectivity index (χ1n) is 7.62. The molecule has 1 aromatic heterocycles. The lowest BCUT2D eigenvalue weighted by Crippen LogP contribution is -2.68. The third kappa shape index (κ3) is 1.92. The Labute approximate surface area is 123 Å². The van der Waals surface area contributed by atoms with E-state index in [2.05, 4.69) is 15.6 Å². The van der Waals surface area contributed by atoms with Gasteiger partial charge in [0, 0.05) is 18.5 Å². The fourth-order valence-corrected chi connectivity index (χ4v) is 4.55. The molecular formula is C15H21N3O3. The van der Waals surface area contributed by atoms with Crippen LogP contribution in [0.2, 0.25) is 0 Å². The maximum atomic E-state index is 12.0. The molecule has 0 radical (unpaired) electrons. The molecule has 5 rings (SSSR count). The maximum absolute atomic E-state index is 12.0. The van der Waals surface area contributed by atoms with Gasteiger partial charge in [-0.3, -0.25) is 4.79 Å². The number of β-amino-alcohol motifs (C(OH)–C–C–N with tert-alkyl or cyclic N) is 1. The average molecular weight is 291 g/mol. The number of hydrogen-bond donors (Lipinski definition) is 3. The molecule has 114 valence electrons. The first kappa shape index (κ1) is 13.3. The molecule has 1 aromatic rings. The zero-order valence-corrected chi connectivity index (χ0v) is 12.2. The lowest BCUT2D eigenvalue weighted by Gasteiger charge is -2.69. The number of nitrogens with zero attached hydrogens (tertiary/aromatic N) is 1. The second-order valence-electron chi connectivity index (χ2n) is 7.15. The van der Waals surface area contributed by atoms with Gasteiger partial charge in [-0.15, -0.1) is 0 Å². The Morgan fingerprint density at radius 2 is 2.33 bits per heavy atom. The van der Waals surface area contributed by atoms with E-state index in [1.165, 1.54) is 6.39 Å². The van der Waals surface area contributed by atoms with Crippen LogP contribution in [-0.4, -0.2) is 41.2 Å². The highest BCUT2D eigenvalue weighted by atomic mass is 16.3. The summed E-state index contributed by atoms with van der Waals surface area (Å²) in [5, 5.41) is 15.5. The smallest absolute Gasteiger partial charge is 0.237 e. The van der Waals surface area contributed by atoms with Gasteiger partial charge in [-0.25, -0.2) is 4.98 Å². The van der Waals surface area contributed by atoms with Gasteiger partial charge in [0.25, 0.3) is 0 Å². The number of aryl methyl sites for hydroxylation is 1. The number of carbonyl (C=O) groups is 1. The Morgan fingerprint density at radius 1 is 1.57 bits per heavy atom. The molecule has 6 nitrogen and oxygen atoms in total. The van der Waals surface area contributed by atoms with E-state index in [1.54, 1.807) is 0 Å². The minimum Gasteiger partial charge on any atom is -0.448 e. The molecule has 2 unspecified atom stereocenters. The van der Waals surface area contributed by atoms with Crippen LogP contribution in [0.4, 0.5) is 0 Å². The van der Waals surface area contributed by atoms with E-state index in [0.717, 1.165) is 37.3 Å². The minimum absolute atomic E-state index is 0.0150. The van der Waals surface area contributed by atoms with Crippen molar-refractivity contribution in [2.45, 2.75) is 50.2 Å². The van der Waals surface area contributed by atoms with Gasteiger partial charge in [-0.05, 0) is 38.0 Å². The topological polar surface area (TPSA) is 87.4 Å². The van der Waals surface area contributed by atoms with Crippen molar-refractivity contribution in [3.8, 4) is 0 Å². The van der Waals surface area contributed by atoms with Crippen molar-refractivity contribution in [1.82, 2.24) is 15.6 Å². The van der Waals surface area contributed by atoms with Crippen molar-refractivity contribution in [3.63, 3.8) is 0 Å². The zero-order valence-electron chi connectivity index (χ0n) is 12.2. The summed E-state index contributed by atoms with van der Waals surface area (Å²) in [5.41, 5.74) is 1.44. The molecule has 3 aliphatic carbocycles. The molecule has 2 bridgehead atoms. The number of aromatic nitrogens is 1. The standard InChI is InChI=1S/C15H21N3O3/c1-9-12(21-8-18-9)15-4-14(5-15,6-15)7-17-13(20)11-2-10(19)3-16-11/h8,10-11,16,19H,2-7H2,1H3,(H,17,20). The SMILES string of the molecule is Cc1ncoc1C12CC(CNC(=O)C3CC(O)CN3)(C1)C2. The lowest BCUT2D eigenvalue weighted by atomic mass is 9.34. The molecule has 0 spiro atoms. The van der Waals surface area contributed by atoms with Crippen LogP contribution >= 0.6 is 0 Å². The third-order valence-electron chi connectivity index (χ3n) is 5.43. The molecule has 2 heterocycles. The molecule has 3 N–H and O–H groups in total. The Morgan fingerprint density at radius 3 is 2.90 bits per heavy atom. The van der Waals surface area contributed by atoms with E-state index < -0.39 is 6.10 Å². The lowest BCUT2D eigenvalue weighted by molar-refractivity contribution is -0.153. The molecule has 1 amide bonds. The largest absolute Gasteiger partial charge is 0.448 e. The highest BCUT2D eigenvalue weighted by Gasteiger charge is 2.70. The number of oxazole rings is 1. The van der Waals surface area contributed by atoms with Crippen molar-refractivity contribution in [2.24, 2.45) is 5.41 Å². The van der Waals surface area contributed by atoms with Gasteiger partial charge in [-0.1, -0.05) is 0 Å². The summed E-state index contributed by atoms with van der Waals surface area (Å²) in [5.74, 6) is 1.05. The third-order valence-corrected chi connectivity index (χ3v) is 5.43. The van der Waals surface area contributed by atoms with Gasteiger partial charge in [-0.2, -0.15) is 0 Å². The highest BCUT2D eigenvalue weighted by molar-refractivity contribution is 5.82. The van der Waals surface area contributed by atoms with Crippen molar-refractivity contribution in [1.29, 1.82) is 0 Å². The summed E-state index contributed by atoms with van der Waals surface area (Å²) in [6, 6.07) is -0.238. The number of rotatable bonds is 4. The quantitative estimate of drug-likeness (QED) is 0.740. The minimum atomic E-state index is -0.395. The van der Waals surface area contributed by atoms with E-state index >= 15 is 0 Å². The van der Waals surface area contributed by atoms with E-state index in [1.807, 2.05) is 6.92 Å². The number of carbonyl (C=O) groups excluding carboxylic acids is 1. The molecule has 6 heteroatoms. The van der Waals surface area contributed by atoms with Crippen molar-refractivity contribution < 1.29 is 14.3 Å². The monoisotopic (exact) mass is 291 g/mol. The van der Waals surface area contributed by atoms with Gasteiger partial charge in [0.2, 0.25) is 5.91 Å². The predicted octanol–water partition coefficient (Wildman–Crippen LogP) is 0.244. The number of hydrogen-bond acceptors (Lipinski definition) is 5. The van der Waals surface area contributed by atoms with E-state index in [-0.39, 0.29) is 22.8 Å². The molecule has 4 aliphatic rings. The average Bonchev–Trinajstić information content (AvgIpc) is 2.95. The number of amides is 1. The number of aliphatic hydroxyl groups is 1. The number of aliphatic hydroxyl groups excluding tert-OH is 1. The van der Waals surface area contributed by atoms with Crippen molar-refractivity contribution in [3.05, 3.63) is 17.8 Å². The summed E-state index contributed by atoms with van der Waals surface area (Å²) in [6.07, 6.45) is 4.88. The number of nitrogens with one attached hydrogen (secondary N) is 2. The molecule has 1 aliphatic heterocycles. The molecule has 0 aromatic carbocycles. The van der Waals surface area contributed by atoms with Crippen LogP contribution in [0.5, 0.6) is 0 Å². The second-order valence-corrected chi connectivity index (χ2v) is 7.15. The van der Waals surface area contributed by atoms with E-state index in [0.29, 0.717) is 13.0 Å². The summed E-state index contributed by atoms with van der Waals surface area (Å²) in [6.45, 7) is 3.23. The zero-order chi connectivity index (χ0) is 14.7. The van der Waals surface area contributed by atoms with Crippen LogP contribution in [0.3, 0.4) is 0 Å². The van der Waals surface area contributed by atoms with Crippen molar-refractivity contribution in [2.75, 3.05) is 13.1 Å². The summed E-state index contributed by atoms with van der Waals surface area (Å²) in [7, 11) is 0. The Bertz CT molecular complexity index is 563. The van der Waals surface area contributed by atoms with E-state index in [9.17, 15) is 9.90 Å². The van der Waals surface area contributed by atoms with Gasteiger partial charge in [0.1, 0.15) is 5.76 Å². The molecule has 1 saturated heterocycles. The van der Waals surface area contributed by atoms with Gasteiger partial charge in [0.15, 0.2) is 6.39 Å². The first-order chi connectivity index (χ1) is 10.0. The predicted molar refractivity (Wildman–Crippen MR) is 74.6 cm³/mol. The summed E-state index contributed by atoms with van der Waals surface area (Å²) < 4.78 is 5.54. The summed E-state index contributed by atoms with van der Waals surface area (Å²) >= 11 is 0. The van der Waals surface area contributed by atoms with E-state index in [4.69, 9.17) is 4.42 Å². The fraction of sp³-hybridized carbons (Fsp3) is 0.733. The molecule has 4 fully saturated rings. The Balaban J connectivity index is 1.30. The van der Waals surface area contributed by atoms with Crippen molar-refractivity contribution >= 4 is 5.91 Å². The molecular weight excluding hydrogens is 270 g/mol. The van der Waals surface area contributed by atoms with Gasteiger partial charge < -0.3 is 20.2 Å². The van der Waals surface area contributed by atoms with Crippen LogP contribution in [-0.2, 0) is 10.2 Å². The first-order valence-corrected chi connectivity index (χ1v) is 7.62.